The summed E-state index contributed by atoms with van der Waals surface area (Å²) in [6.45, 7) is 11.7. The predicted octanol–water partition coefficient (Wildman–Crippen LogP) is 3.80. The average molecular weight is 524 g/mol. The van der Waals surface area contributed by atoms with Gasteiger partial charge in [-0.1, -0.05) is 38.1 Å². The lowest BCUT2D eigenvalue weighted by atomic mass is 9.77. The molecule has 1 aromatic carbocycles. The van der Waals surface area contributed by atoms with Gasteiger partial charge in [0.15, 0.2) is 0 Å². The molecule has 38 heavy (non-hydrogen) atoms. The van der Waals surface area contributed by atoms with Crippen LogP contribution in [0.25, 0.3) is 11.3 Å². The molecule has 2 saturated heterocycles. The first-order valence-corrected chi connectivity index (χ1v) is 13.3. The number of imidazole rings is 1. The third kappa shape index (κ3) is 4.71. The van der Waals surface area contributed by atoms with Gasteiger partial charge < -0.3 is 24.7 Å². The lowest BCUT2D eigenvalue weighted by Gasteiger charge is -2.37. The van der Waals surface area contributed by atoms with Gasteiger partial charge in [0.2, 0.25) is 0 Å². The van der Waals surface area contributed by atoms with Crippen LogP contribution in [0, 0.1) is 5.92 Å². The number of hydrogen-bond donors (Lipinski definition) is 3. The van der Waals surface area contributed by atoms with E-state index in [0.717, 1.165) is 36.0 Å². The first-order valence-electron chi connectivity index (χ1n) is 13.3. The molecule has 3 heterocycles. The fraction of sp³-hybridized carbons (Fsp3) is 0.593. The Hall–Kier alpha value is -2.89. The van der Waals surface area contributed by atoms with Crippen LogP contribution >= 0.6 is 0 Å². The van der Waals surface area contributed by atoms with Gasteiger partial charge in [-0.25, -0.2) is 14.8 Å². The zero-order valence-electron chi connectivity index (χ0n) is 22.9. The summed E-state index contributed by atoms with van der Waals surface area (Å²) < 4.78 is 12.3. The third-order valence-corrected chi connectivity index (χ3v) is 8.49. The molecule has 0 bridgehead atoms. The highest BCUT2D eigenvalue weighted by Crippen LogP contribution is 2.50. The van der Waals surface area contributed by atoms with Crippen LogP contribution < -0.4 is 10.8 Å². The van der Waals surface area contributed by atoms with Crippen LogP contribution in [-0.4, -0.2) is 62.1 Å². The average Bonchev–Trinajstić information content (AvgIpc) is 3.51. The fourth-order valence-corrected chi connectivity index (χ4v) is 5.25. The predicted molar refractivity (Wildman–Crippen MR) is 141 cm³/mol. The van der Waals surface area contributed by atoms with Crippen molar-refractivity contribution in [3.05, 3.63) is 36.3 Å². The molecule has 1 spiro atoms. The topological polar surface area (TPSA) is 126 Å². The van der Waals surface area contributed by atoms with Gasteiger partial charge >= 0.3 is 13.2 Å². The summed E-state index contributed by atoms with van der Waals surface area (Å²) in [5, 5.41) is 13.0. The van der Waals surface area contributed by atoms with E-state index >= 15 is 0 Å². The molecule has 1 saturated carbocycles. The summed E-state index contributed by atoms with van der Waals surface area (Å²) in [4.78, 5) is 39.0. The molecule has 5 rings (SSSR count). The molecule has 1 aromatic heterocycles. The van der Waals surface area contributed by atoms with Crippen molar-refractivity contribution in [3.63, 3.8) is 0 Å². The molecule has 10 nitrogen and oxygen atoms in total. The molecule has 3 N–H and O–H groups in total. The monoisotopic (exact) mass is 524 g/mol. The number of benzene rings is 1. The molecule has 204 valence electrons. The molecule has 2 aliphatic heterocycles. The Labute approximate surface area is 223 Å². The minimum Gasteiger partial charge on any atom is -0.465 e. The number of aromatic nitrogens is 2. The van der Waals surface area contributed by atoms with Gasteiger partial charge in [0.05, 0.1) is 28.7 Å². The second-order valence-electron chi connectivity index (χ2n) is 12.1. The Bertz CT molecular complexity index is 1190. The molecule has 2 unspecified atom stereocenters. The van der Waals surface area contributed by atoms with Gasteiger partial charge in [-0.15, -0.1) is 0 Å². The summed E-state index contributed by atoms with van der Waals surface area (Å²) in [5.41, 5.74) is 1.47. The number of H-pyrrole nitrogens is 1. The molecule has 11 heteroatoms. The Morgan fingerprint density at radius 1 is 1.13 bits per heavy atom. The van der Waals surface area contributed by atoms with E-state index in [1.165, 1.54) is 5.06 Å². The van der Waals surface area contributed by atoms with Crippen LogP contribution in [0.3, 0.4) is 0 Å². The molecule has 3 aliphatic rings. The maximum Gasteiger partial charge on any atom is 0.494 e. The van der Waals surface area contributed by atoms with Gasteiger partial charge in [0.1, 0.15) is 17.9 Å². The first kappa shape index (κ1) is 26.7. The van der Waals surface area contributed by atoms with Crippen LogP contribution in [0.1, 0.15) is 79.1 Å². The number of hydroxylamine groups is 2. The quantitative estimate of drug-likeness (QED) is 0.491. The molecule has 2 atom stereocenters. The minimum absolute atomic E-state index is 0.240. The number of carbonyl (C=O) groups excluding carboxylic acids is 1. The van der Waals surface area contributed by atoms with Crippen molar-refractivity contribution in [2.45, 2.75) is 96.1 Å². The van der Waals surface area contributed by atoms with Gasteiger partial charge in [-0.3, -0.25) is 9.63 Å². The number of carboxylic acid groups (broad SMARTS) is 1. The van der Waals surface area contributed by atoms with Crippen molar-refractivity contribution in [2.75, 3.05) is 0 Å². The number of nitrogens with zero attached hydrogens (tertiary/aromatic N) is 2. The standard InChI is InChI=1S/C27H37BN4O6/c1-16(2)21(31-24(34)35)23(33)32-20(14-27(38-32)12-7-13-27)22-29-15-19(30-22)17-8-10-18(11-9-17)28-36-25(3,4)26(5,6)37-28/h8-11,15-16,20-21,31H,7,12-14H2,1-6H3,(H,29,30)(H,34,35). The lowest BCUT2D eigenvalue weighted by molar-refractivity contribution is -0.230. The molecule has 0 radical (unpaired) electrons. The second-order valence-corrected chi connectivity index (χ2v) is 12.1. The maximum absolute atomic E-state index is 13.5. The van der Waals surface area contributed by atoms with E-state index in [0.29, 0.717) is 12.2 Å². The molecule has 3 fully saturated rings. The minimum atomic E-state index is -1.24. The van der Waals surface area contributed by atoms with Gasteiger partial charge in [-0.05, 0) is 63.9 Å². The third-order valence-electron chi connectivity index (χ3n) is 8.49. The molecule has 2 aromatic rings. The number of aromatic amines is 1. The van der Waals surface area contributed by atoms with E-state index in [1.54, 1.807) is 20.0 Å². The maximum atomic E-state index is 13.5. The number of hydrogen-bond acceptors (Lipinski definition) is 6. The lowest BCUT2D eigenvalue weighted by Crippen LogP contribution is -2.51. The van der Waals surface area contributed by atoms with Crippen molar-refractivity contribution in [2.24, 2.45) is 5.92 Å². The van der Waals surface area contributed by atoms with Crippen LogP contribution in [-0.2, 0) is 18.9 Å². The van der Waals surface area contributed by atoms with E-state index in [9.17, 15) is 14.7 Å². The number of amides is 2. The highest BCUT2D eigenvalue weighted by Gasteiger charge is 2.54. The van der Waals surface area contributed by atoms with E-state index < -0.39 is 48.0 Å². The number of carbonyl (C=O) groups is 2. The van der Waals surface area contributed by atoms with E-state index in [-0.39, 0.29) is 5.92 Å². The Morgan fingerprint density at radius 2 is 1.76 bits per heavy atom. The molecular weight excluding hydrogens is 487 g/mol. The first-order chi connectivity index (χ1) is 17.8. The van der Waals surface area contributed by atoms with Gasteiger partial charge in [0, 0.05) is 6.42 Å². The number of nitrogens with one attached hydrogen (secondary N) is 2. The number of rotatable bonds is 6. The van der Waals surface area contributed by atoms with Crippen molar-refractivity contribution in [3.8, 4) is 11.3 Å². The largest absolute Gasteiger partial charge is 0.494 e. The SMILES string of the molecule is CC(C)C(NC(=O)O)C(=O)N1OC2(CCC2)CC1c1ncc(-c2ccc(B3OC(C)(C)C(C)(C)O3)cc2)[nH]1. The molecule has 2 amide bonds. The Kier molecular flexibility index (Phi) is 6.60. The zero-order valence-corrected chi connectivity index (χ0v) is 22.9. The molecule has 1 aliphatic carbocycles. The summed E-state index contributed by atoms with van der Waals surface area (Å²) in [6.07, 6.45) is 3.89. The highest BCUT2D eigenvalue weighted by molar-refractivity contribution is 6.62. The second kappa shape index (κ2) is 9.39. The van der Waals surface area contributed by atoms with Crippen molar-refractivity contribution >= 4 is 24.6 Å². The zero-order chi connectivity index (χ0) is 27.5. The van der Waals surface area contributed by atoms with E-state index in [2.05, 4.69) is 15.3 Å². The Morgan fingerprint density at radius 3 is 2.29 bits per heavy atom. The Balaban J connectivity index is 1.36. The van der Waals surface area contributed by atoms with Gasteiger partial charge in [0.25, 0.3) is 5.91 Å². The van der Waals surface area contributed by atoms with Crippen LogP contribution in [0.4, 0.5) is 4.79 Å². The summed E-state index contributed by atoms with van der Waals surface area (Å²) in [5.74, 6) is -0.0266. The summed E-state index contributed by atoms with van der Waals surface area (Å²) in [7, 11) is -0.437. The van der Waals surface area contributed by atoms with Gasteiger partial charge in [-0.2, -0.15) is 0 Å². The van der Waals surface area contributed by atoms with Crippen LogP contribution in [0.2, 0.25) is 0 Å². The van der Waals surface area contributed by atoms with E-state index in [4.69, 9.17) is 14.1 Å². The van der Waals surface area contributed by atoms with Crippen molar-refractivity contribution < 1.29 is 28.8 Å². The van der Waals surface area contributed by atoms with E-state index in [1.807, 2.05) is 52.0 Å². The normalized spacial score (nSPS) is 24.0. The van der Waals surface area contributed by atoms with Crippen molar-refractivity contribution in [1.82, 2.24) is 20.3 Å². The van der Waals surface area contributed by atoms with Crippen molar-refractivity contribution in [1.29, 1.82) is 0 Å². The van der Waals surface area contributed by atoms with Crippen LogP contribution in [0.15, 0.2) is 30.5 Å². The van der Waals surface area contributed by atoms with Crippen LogP contribution in [0.5, 0.6) is 0 Å². The molecular formula is C27H37BN4O6. The summed E-state index contributed by atoms with van der Waals surface area (Å²) >= 11 is 0. The smallest absolute Gasteiger partial charge is 0.465 e. The highest BCUT2D eigenvalue weighted by atomic mass is 16.7. The summed E-state index contributed by atoms with van der Waals surface area (Å²) in [6, 6.07) is 6.61. The fourth-order valence-electron chi connectivity index (χ4n) is 5.25.